The first-order valence-electron chi connectivity index (χ1n) is 5.66. The molecule has 2 amide bonds. The minimum Gasteiger partial charge on any atom is -0.452 e. The van der Waals surface area contributed by atoms with E-state index in [1.807, 2.05) is 0 Å². The van der Waals surface area contributed by atoms with Crippen molar-refractivity contribution in [2.45, 2.75) is 6.61 Å². The third kappa shape index (κ3) is 5.85. The van der Waals surface area contributed by atoms with Crippen molar-refractivity contribution in [3.63, 3.8) is 0 Å². The molecule has 0 aliphatic carbocycles. The molecule has 0 unspecified atom stereocenters. The van der Waals surface area contributed by atoms with Crippen LogP contribution in [-0.4, -0.2) is 37.5 Å². The van der Waals surface area contributed by atoms with Crippen molar-refractivity contribution in [3.8, 4) is 5.75 Å². The van der Waals surface area contributed by atoms with E-state index in [1.54, 1.807) is 0 Å². The van der Waals surface area contributed by atoms with E-state index >= 15 is 0 Å². The van der Waals surface area contributed by atoms with Gasteiger partial charge in [0.25, 0.3) is 5.91 Å². The molecule has 0 spiro atoms. The Balaban J connectivity index is 2.59. The zero-order valence-corrected chi connectivity index (χ0v) is 10.7. The Morgan fingerprint density at radius 1 is 1.24 bits per heavy atom. The van der Waals surface area contributed by atoms with E-state index in [0.29, 0.717) is 0 Å². The zero-order chi connectivity index (χ0) is 15.8. The maximum atomic E-state index is 12.2. The second-order valence-electron chi connectivity index (χ2n) is 3.69. The maximum absolute atomic E-state index is 12.2. The van der Waals surface area contributed by atoms with Crippen LogP contribution in [0.15, 0.2) is 24.3 Å². The normalized spacial score (nSPS) is 10.0. The van der Waals surface area contributed by atoms with Gasteiger partial charge in [0.05, 0.1) is 6.54 Å². The first-order valence-corrected chi connectivity index (χ1v) is 5.66. The van der Waals surface area contributed by atoms with Crippen LogP contribution in [-0.2, 0) is 14.3 Å². The van der Waals surface area contributed by atoms with Crippen molar-refractivity contribution in [3.05, 3.63) is 29.8 Å². The summed E-state index contributed by atoms with van der Waals surface area (Å²) in [6.07, 6.45) is 0. The fraction of sp³-hybridized carbons (Fsp3) is 0.250. The van der Waals surface area contributed by atoms with Gasteiger partial charge in [-0.3, -0.25) is 9.59 Å². The van der Waals surface area contributed by atoms with Gasteiger partial charge in [-0.1, -0.05) is 12.1 Å². The Labute approximate surface area is 118 Å². The largest absolute Gasteiger partial charge is 0.452 e. The molecule has 0 heterocycles. The number of nitrogens with one attached hydrogen (secondary N) is 1. The van der Waals surface area contributed by atoms with Gasteiger partial charge in [0.2, 0.25) is 5.91 Å². The summed E-state index contributed by atoms with van der Waals surface area (Å²) in [4.78, 5) is 33.3. The molecule has 0 atom stereocenters. The van der Waals surface area contributed by atoms with Crippen molar-refractivity contribution in [1.82, 2.24) is 5.32 Å². The molecule has 114 valence electrons. The summed E-state index contributed by atoms with van der Waals surface area (Å²) in [5.41, 5.74) is 4.56. The molecule has 0 saturated heterocycles. The molecule has 0 radical (unpaired) electrons. The molecule has 1 aromatic rings. The zero-order valence-electron chi connectivity index (χ0n) is 10.7. The van der Waals surface area contributed by atoms with Crippen LogP contribution in [0.1, 0.15) is 10.4 Å². The highest BCUT2D eigenvalue weighted by Crippen LogP contribution is 2.20. The molecule has 9 heteroatoms. The van der Waals surface area contributed by atoms with Crippen LogP contribution in [0, 0.1) is 0 Å². The molecular formula is C12H12F2N2O5. The summed E-state index contributed by atoms with van der Waals surface area (Å²) >= 11 is 0. The van der Waals surface area contributed by atoms with Crippen LogP contribution < -0.4 is 15.8 Å². The van der Waals surface area contributed by atoms with Crippen LogP contribution in [0.25, 0.3) is 0 Å². The number of carbonyl (C=O) groups is 3. The number of para-hydroxylation sites is 1. The summed E-state index contributed by atoms with van der Waals surface area (Å²) in [6.45, 7) is -4.19. The van der Waals surface area contributed by atoms with Gasteiger partial charge in [0.1, 0.15) is 11.3 Å². The molecular weight excluding hydrogens is 290 g/mol. The first kappa shape index (κ1) is 16.3. The Morgan fingerprint density at radius 3 is 2.52 bits per heavy atom. The van der Waals surface area contributed by atoms with E-state index in [1.165, 1.54) is 18.2 Å². The first-order chi connectivity index (χ1) is 9.90. The Morgan fingerprint density at radius 2 is 1.90 bits per heavy atom. The topological polar surface area (TPSA) is 108 Å². The summed E-state index contributed by atoms with van der Waals surface area (Å²) in [5.74, 6) is -2.89. The molecule has 7 nitrogen and oxygen atoms in total. The summed E-state index contributed by atoms with van der Waals surface area (Å²) in [5, 5.41) is 2.09. The van der Waals surface area contributed by atoms with Crippen LogP contribution >= 0.6 is 0 Å². The average molecular weight is 302 g/mol. The van der Waals surface area contributed by atoms with Crippen molar-refractivity contribution >= 4 is 17.8 Å². The van der Waals surface area contributed by atoms with E-state index in [2.05, 4.69) is 14.8 Å². The number of alkyl halides is 2. The standard InChI is InChI=1S/C12H12F2N2O5/c13-12(14)21-8-4-2-1-3-7(8)11(19)20-6-10(18)16-5-9(15)17/h1-4,12H,5-6H2,(H2,15,17)(H,16,18). The quantitative estimate of drug-likeness (QED) is 0.692. The third-order valence-corrected chi connectivity index (χ3v) is 2.12. The molecule has 0 bridgehead atoms. The van der Waals surface area contributed by atoms with Crippen molar-refractivity contribution in [2.75, 3.05) is 13.2 Å². The molecule has 21 heavy (non-hydrogen) atoms. The summed E-state index contributed by atoms with van der Waals surface area (Å²) < 4.78 is 33.1. The smallest absolute Gasteiger partial charge is 0.387 e. The van der Waals surface area contributed by atoms with Gasteiger partial charge in [-0.15, -0.1) is 0 Å². The van der Waals surface area contributed by atoms with Gasteiger partial charge < -0.3 is 20.5 Å². The number of primary amides is 1. The lowest BCUT2D eigenvalue weighted by molar-refractivity contribution is -0.127. The van der Waals surface area contributed by atoms with E-state index in [4.69, 9.17) is 5.73 Å². The predicted octanol–water partition coefficient (Wildman–Crippen LogP) is 0.0463. The number of benzene rings is 1. The van der Waals surface area contributed by atoms with E-state index in [9.17, 15) is 23.2 Å². The van der Waals surface area contributed by atoms with Crippen LogP contribution in [0.4, 0.5) is 8.78 Å². The molecule has 0 aliphatic heterocycles. The molecule has 3 N–H and O–H groups in total. The minimum atomic E-state index is -3.10. The minimum absolute atomic E-state index is 0.250. The monoisotopic (exact) mass is 302 g/mol. The third-order valence-electron chi connectivity index (χ3n) is 2.12. The maximum Gasteiger partial charge on any atom is 0.387 e. The molecule has 0 saturated carbocycles. The van der Waals surface area contributed by atoms with Crippen molar-refractivity contribution in [2.24, 2.45) is 5.73 Å². The summed E-state index contributed by atoms with van der Waals surface area (Å²) in [7, 11) is 0. The highest BCUT2D eigenvalue weighted by Gasteiger charge is 2.17. The van der Waals surface area contributed by atoms with Gasteiger partial charge in [0, 0.05) is 0 Å². The number of ether oxygens (including phenoxy) is 2. The number of amides is 2. The number of nitrogens with two attached hydrogens (primary N) is 1. The highest BCUT2D eigenvalue weighted by atomic mass is 19.3. The Bertz CT molecular complexity index is 536. The molecule has 0 aromatic heterocycles. The van der Waals surface area contributed by atoms with Crippen LogP contribution in [0.3, 0.4) is 0 Å². The van der Waals surface area contributed by atoms with E-state index in [0.717, 1.165) is 6.07 Å². The van der Waals surface area contributed by atoms with E-state index < -0.39 is 37.5 Å². The molecule has 1 rings (SSSR count). The number of rotatable bonds is 7. The molecule has 1 aromatic carbocycles. The SMILES string of the molecule is NC(=O)CNC(=O)COC(=O)c1ccccc1OC(F)F. The number of hydrogen-bond donors (Lipinski definition) is 2. The lowest BCUT2D eigenvalue weighted by Crippen LogP contribution is -2.36. The van der Waals surface area contributed by atoms with Gasteiger partial charge in [-0.25, -0.2) is 4.79 Å². The second kappa shape index (κ2) is 7.78. The Hall–Kier alpha value is -2.71. The van der Waals surface area contributed by atoms with Crippen LogP contribution in [0.2, 0.25) is 0 Å². The van der Waals surface area contributed by atoms with E-state index in [-0.39, 0.29) is 11.3 Å². The predicted molar refractivity (Wildman–Crippen MR) is 65.6 cm³/mol. The van der Waals surface area contributed by atoms with Gasteiger partial charge >= 0.3 is 12.6 Å². The molecule has 0 fully saturated rings. The Kier molecular flexibility index (Phi) is 6.05. The molecule has 0 aliphatic rings. The van der Waals surface area contributed by atoms with Crippen molar-refractivity contribution < 1.29 is 32.6 Å². The number of esters is 1. The number of hydrogen-bond acceptors (Lipinski definition) is 5. The van der Waals surface area contributed by atoms with Gasteiger partial charge in [0.15, 0.2) is 6.61 Å². The summed E-state index contributed by atoms with van der Waals surface area (Å²) in [6, 6.07) is 5.19. The van der Waals surface area contributed by atoms with Crippen molar-refractivity contribution in [1.29, 1.82) is 0 Å². The van der Waals surface area contributed by atoms with Gasteiger partial charge in [-0.05, 0) is 12.1 Å². The van der Waals surface area contributed by atoms with Gasteiger partial charge in [-0.2, -0.15) is 8.78 Å². The fourth-order valence-electron chi connectivity index (χ4n) is 1.28. The highest BCUT2D eigenvalue weighted by molar-refractivity contribution is 5.94. The lowest BCUT2D eigenvalue weighted by atomic mass is 10.2. The van der Waals surface area contributed by atoms with Crippen LogP contribution in [0.5, 0.6) is 5.75 Å². The lowest BCUT2D eigenvalue weighted by Gasteiger charge is -2.10. The number of carbonyl (C=O) groups excluding carboxylic acids is 3. The second-order valence-corrected chi connectivity index (χ2v) is 3.69. The number of halogens is 2. The average Bonchev–Trinajstić information content (AvgIpc) is 2.42. The fourth-order valence-corrected chi connectivity index (χ4v) is 1.28.